The number of hydrogen-bond donors (Lipinski definition) is 2. The molecule has 2 N–H and O–H groups in total. The second-order valence-electron chi connectivity index (χ2n) is 6.10. The van der Waals surface area contributed by atoms with Gasteiger partial charge in [-0.3, -0.25) is 9.59 Å². The first-order valence-electron chi connectivity index (χ1n) is 8.91. The van der Waals surface area contributed by atoms with Gasteiger partial charge in [0.1, 0.15) is 5.75 Å². The average Bonchev–Trinajstić information content (AvgIpc) is 2.67. The maximum absolute atomic E-state index is 12.0. The lowest BCUT2D eigenvalue weighted by Gasteiger charge is -2.07. The van der Waals surface area contributed by atoms with Crippen LogP contribution in [0.25, 0.3) is 0 Å². The third-order valence-electron chi connectivity index (χ3n) is 3.85. The first-order chi connectivity index (χ1) is 13.0. The van der Waals surface area contributed by atoms with Crippen LogP contribution in [0.5, 0.6) is 5.75 Å². The van der Waals surface area contributed by atoms with Crippen molar-refractivity contribution < 1.29 is 14.3 Å². The SMILES string of the molecule is CCOc1ccc(NC(=O)CCC(=O)NN=C(C)c2ccc(C)cc2)cc1. The number of amides is 2. The highest BCUT2D eigenvalue weighted by atomic mass is 16.5. The van der Waals surface area contributed by atoms with Gasteiger partial charge in [-0.25, -0.2) is 5.43 Å². The van der Waals surface area contributed by atoms with Crippen molar-refractivity contribution in [2.24, 2.45) is 5.10 Å². The summed E-state index contributed by atoms with van der Waals surface area (Å²) in [4.78, 5) is 23.9. The first kappa shape index (κ1) is 20.2. The monoisotopic (exact) mass is 367 g/mol. The maximum Gasteiger partial charge on any atom is 0.240 e. The Kier molecular flexibility index (Phi) is 7.55. The number of hydrazone groups is 1. The maximum atomic E-state index is 12.0. The molecular formula is C21H25N3O3. The molecule has 0 aliphatic rings. The van der Waals surface area contributed by atoms with Crippen LogP contribution in [0.15, 0.2) is 53.6 Å². The molecule has 0 heterocycles. The largest absolute Gasteiger partial charge is 0.494 e. The molecule has 0 aliphatic heterocycles. The fourth-order valence-electron chi connectivity index (χ4n) is 2.31. The van der Waals surface area contributed by atoms with Gasteiger partial charge in [0, 0.05) is 18.5 Å². The summed E-state index contributed by atoms with van der Waals surface area (Å²) < 4.78 is 5.35. The van der Waals surface area contributed by atoms with Crippen molar-refractivity contribution >= 4 is 23.2 Å². The van der Waals surface area contributed by atoms with Gasteiger partial charge in [0.25, 0.3) is 0 Å². The normalized spacial score (nSPS) is 11.0. The van der Waals surface area contributed by atoms with Crippen molar-refractivity contribution in [3.05, 3.63) is 59.7 Å². The van der Waals surface area contributed by atoms with Crippen LogP contribution in [0.2, 0.25) is 0 Å². The quantitative estimate of drug-likeness (QED) is 0.552. The van der Waals surface area contributed by atoms with Gasteiger partial charge in [-0.1, -0.05) is 29.8 Å². The van der Waals surface area contributed by atoms with Crippen LogP contribution in [0.3, 0.4) is 0 Å². The second kappa shape index (κ2) is 10.1. The molecule has 2 aromatic carbocycles. The minimum Gasteiger partial charge on any atom is -0.494 e. The van der Waals surface area contributed by atoms with Crippen LogP contribution in [0.1, 0.15) is 37.8 Å². The van der Waals surface area contributed by atoms with Crippen molar-refractivity contribution in [1.29, 1.82) is 0 Å². The molecule has 0 saturated heterocycles. The van der Waals surface area contributed by atoms with Crippen LogP contribution >= 0.6 is 0 Å². The number of benzene rings is 2. The summed E-state index contributed by atoms with van der Waals surface area (Å²) in [6.45, 7) is 6.33. The zero-order chi connectivity index (χ0) is 19.6. The number of carbonyl (C=O) groups excluding carboxylic acids is 2. The Morgan fingerprint density at radius 1 is 0.963 bits per heavy atom. The predicted octanol–water partition coefficient (Wildman–Crippen LogP) is 3.65. The van der Waals surface area contributed by atoms with E-state index >= 15 is 0 Å². The van der Waals surface area contributed by atoms with Gasteiger partial charge in [0.2, 0.25) is 11.8 Å². The van der Waals surface area contributed by atoms with E-state index in [2.05, 4.69) is 15.8 Å². The third kappa shape index (κ3) is 6.93. The van der Waals surface area contributed by atoms with Gasteiger partial charge in [0.05, 0.1) is 12.3 Å². The number of rotatable bonds is 8. The highest BCUT2D eigenvalue weighted by Gasteiger charge is 2.07. The Morgan fingerprint density at radius 3 is 2.22 bits per heavy atom. The van der Waals surface area contributed by atoms with E-state index in [9.17, 15) is 9.59 Å². The molecule has 2 amide bonds. The number of anilines is 1. The van der Waals surface area contributed by atoms with Crippen LogP contribution in [-0.2, 0) is 9.59 Å². The lowest BCUT2D eigenvalue weighted by Crippen LogP contribution is -2.21. The molecule has 0 saturated carbocycles. The molecule has 6 heteroatoms. The van der Waals surface area contributed by atoms with E-state index in [4.69, 9.17) is 4.74 Å². The van der Waals surface area contributed by atoms with E-state index < -0.39 is 0 Å². The molecule has 27 heavy (non-hydrogen) atoms. The summed E-state index contributed by atoms with van der Waals surface area (Å²) >= 11 is 0. The molecule has 6 nitrogen and oxygen atoms in total. The standard InChI is InChI=1S/C21H25N3O3/c1-4-27-19-11-9-18(10-12-19)22-20(25)13-14-21(26)24-23-16(3)17-7-5-15(2)6-8-17/h5-12H,4,13-14H2,1-3H3,(H,22,25)(H,24,26). The van der Waals surface area contributed by atoms with Crippen LogP contribution in [-0.4, -0.2) is 24.1 Å². The molecule has 0 unspecified atom stereocenters. The topological polar surface area (TPSA) is 79.8 Å². The van der Waals surface area contributed by atoms with Crippen LogP contribution in [0, 0.1) is 6.92 Å². The van der Waals surface area contributed by atoms with Crippen LogP contribution < -0.4 is 15.5 Å². The summed E-state index contributed by atoms with van der Waals surface area (Å²) in [5, 5.41) is 6.84. The highest BCUT2D eigenvalue weighted by molar-refractivity contribution is 5.99. The van der Waals surface area contributed by atoms with Crippen molar-refractivity contribution in [3.8, 4) is 5.75 Å². The zero-order valence-corrected chi connectivity index (χ0v) is 15.9. The number of hydrogen-bond acceptors (Lipinski definition) is 4. The smallest absolute Gasteiger partial charge is 0.240 e. The first-order valence-corrected chi connectivity index (χ1v) is 8.91. The van der Waals surface area contributed by atoms with E-state index in [0.29, 0.717) is 18.0 Å². The van der Waals surface area contributed by atoms with Gasteiger partial charge in [-0.15, -0.1) is 0 Å². The minimum absolute atomic E-state index is 0.0630. The van der Waals surface area contributed by atoms with Crippen molar-refractivity contribution in [2.75, 3.05) is 11.9 Å². The van der Waals surface area contributed by atoms with E-state index in [1.54, 1.807) is 24.3 Å². The Labute approximate surface area is 159 Å². The van der Waals surface area contributed by atoms with Gasteiger partial charge in [0.15, 0.2) is 0 Å². The average molecular weight is 367 g/mol. The Hall–Kier alpha value is -3.15. The number of nitrogens with zero attached hydrogens (tertiary/aromatic N) is 1. The van der Waals surface area contributed by atoms with Gasteiger partial charge in [-0.05, 0) is 50.6 Å². The van der Waals surface area contributed by atoms with Crippen molar-refractivity contribution in [2.45, 2.75) is 33.6 Å². The van der Waals surface area contributed by atoms with Crippen LogP contribution in [0.4, 0.5) is 5.69 Å². The number of carbonyl (C=O) groups is 2. The molecule has 2 rings (SSSR count). The van der Waals surface area contributed by atoms with Crippen molar-refractivity contribution in [3.63, 3.8) is 0 Å². The molecule has 0 aromatic heterocycles. The van der Waals surface area contributed by atoms with E-state index in [-0.39, 0.29) is 24.7 Å². The summed E-state index contributed by atoms with van der Waals surface area (Å²) in [5.41, 5.74) is 5.96. The molecule has 0 spiro atoms. The summed E-state index contributed by atoms with van der Waals surface area (Å²) in [6, 6.07) is 15.0. The predicted molar refractivity (Wildman–Crippen MR) is 107 cm³/mol. The van der Waals surface area contributed by atoms with E-state index in [0.717, 1.165) is 16.9 Å². The van der Waals surface area contributed by atoms with E-state index in [1.165, 1.54) is 0 Å². The molecule has 0 fully saturated rings. The minimum atomic E-state index is -0.302. The van der Waals surface area contributed by atoms with Crippen molar-refractivity contribution in [1.82, 2.24) is 5.43 Å². The van der Waals surface area contributed by atoms with E-state index in [1.807, 2.05) is 45.0 Å². The molecular weight excluding hydrogens is 342 g/mol. The highest BCUT2D eigenvalue weighted by Crippen LogP contribution is 2.15. The second-order valence-corrected chi connectivity index (χ2v) is 6.10. The fourth-order valence-corrected chi connectivity index (χ4v) is 2.31. The zero-order valence-electron chi connectivity index (χ0n) is 15.9. The molecule has 142 valence electrons. The Bertz CT molecular complexity index is 796. The molecule has 0 aliphatic carbocycles. The van der Waals surface area contributed by atoms with Gasteiger partial charge >= 0.3 is 0 Å². The summed E-state index contributed by atoms with van der Waals surface area (Å²) in [7, 11) is 0. The van der Waals surface area contributed by atoms with Gasteiger partial charge in [-0.2, -0.15) is 5.10 Å². The fraction of sp³-hybridized carbons (Fsp3) is 0.286. The molecule has 0 atom stereocenters. The lowest BCUT2D eigenvalue weighted by atomic mass is 10.1. The summed E-state index contributed by atoms with van der Waals surface area (Å²) in [5.74, 6) is 0.216. The molecule has 0 bridgehead atoms. The number of ether oxygens (including phenoxy) is 1. The summed E-state index contributed by atoms with van der Waals surface area (Å²) in [6.07, 6.45) is 0.145. The lowest BCUT2D eigenvalue weighted by molar-refractivity contribution is -0.124. The number of nitrogens with one attached hydrogen (secondary N) is 2. The third-order valence-corrected chi connectivity index (χ3v) is 3.85. The van der Waals surface area contributed by atoms with Gasteiger partial charge < -0.3 is 10.1 Å². The molecule has 2 aromatic rings. The Morgan fingerprint density at radius 2 is 1.59 bits per heavy atom. The number of aryl methyl sites for hydroxylation is 1. The molecule has 0 radical (unpaired) electrons. The Balaban J connectivity index is 1.76.